The quantitative estimate of drug-likeness (QED) is 0.388. The van der Waals surface area contributed by atoms with Crippen molar-refractivity contribution in [1.82, 2.24) is 9.97 Å². The fourth-order valence-electron chi connectivity index (χ4n) is 1.99. The van der Waals surface area contributed by atoms with Gasteiger partial charge < -0.3 is 0 Å². The number of rotatable bonds is 4. The minimum Gasteiger partial charge on any atom is -0.292 e. The van der Waals surface area contributed by atoms with E-state index < -0.39 is 0 Å². The van der Waals surface area contributed by atoms with Crippen molar-refractivity contribution < 1.29 is 0 Å². The summed E-state index contributed by atoms with van der Waals surface area (Å²) >= 11 is 1.69. The van der Waals surface area contributed by atoms with Gasteiger partial charge in [-0.15, -0.1) is 11.8 Å². The Morgan fingerprint density at radius 1 is 1.05 bits per heavy atom. The highest BCUT2D eigenvalue weighted by molar-refractivity contribution is 7.98. The summed E-state index contributed by atoms with van der Waals surface area (Å²) in [6.07, 6.45) is 0. The molecule has 4 nitrogen and oxygen atoms in total. The molecule has 2 rings (SSSR count). The van der Waals surface area contributed by atoms with Gasteiger partial charge in [0.25, 0.3) is 0 Å². The van der Waals surface area contributed by atoms with Crippen molar-refractivity contribution in [2.45, 2.75) is 31.6 Å². The second kappa shape index (κ2) is 6.04. The molecule has 1 aromatic carbocycles. The maximum atomic E-state index is 5.35. The molecule has 0 saturated carbocycles. The lowest BCUT2D eigenvalue weighted by Crippen LogP contribution is -2.11. The van der Waals surface area contributed by atoms with Crippen LogP contribution in [0, 0.1) is 20.8 Å². The number of anilines is 1. The average Bonchev–Trinajstić information content (AvgIpc) is 2.34. The Balaban J connectivity index is 2.11. The smallest absolute Gasteiger partial charge is 0.238 e. The third-order valence-corrected chi connectivity index (χ3v) is 3.61. The maximum absolute atomic E-state index is 5.35. The molecule has 0 spiro atoms. The predicted molar refractivity (Wildman–Crippen MR) is 80.1 cm³/mol. The predicted octanol–water partition coefficient (Wildman–Crippen LogP) is 2.98. The topological polar surface area (TPSA) is 63.8 Å². The van der Waals surface area contributed by atoms with E-state index in [9.17, 15) is 0 Å². The normalized spacial score (nSPS) is 10.5. The molecule has 0 radical (unpaired) electrons. The fourth-order valence-corrected chi connectivity index (χ4v) is 2.87. The number of benzene rings is 1. The maximum Gasteiger partial charge on any atom is 0.238 e. The number of nitrogens with one attached hydrogen (secondary N) is 1. The minimum atomic E-state index is 0.461. The number of hydrogen-bond donors (Lipinski definition) is 2. The first-order valence-electron chi connectivity index (χ1n) is 6.09. The standard InChI is InChI=1S/C14H18N4S/c1-9-4-10(2)6-12(5-9)8-19-13-7-11(3)16-14(17-13)18-15/h4-7H,8,15H2,1-3H3,(H,16,17,18). The van der Waals surface area contributed by atoms with Crippen molar-refractivity contribution in [2.75, 3.05) is 5.43 Å². The summed E-state index contributed by atoms with van der Waals surface area (Å²) in [6, 6.07) is 8.56. The summed E-state index contributed by atoms with van der Waals surface area (Å²) < 4.78 is 0. The van der Waals surface area contributed by atoms with Crippen LogP contribution in [0.4, 0.5) is 5.95 Å². The van der Waals surface area contributed by atoms with Crippen LogP contribution in [0.1, 0.15) is 22.4 Å². The van der Waals surface area contributed by atoms with Gasteiger partial charge in [0.15, 0.2) is 0 Å². The molecule has 1 aromatic heterocycles. The summed E-state index contributed by atoms with van der Waals surface area (Å²) in [7, 11) is 0. The minimum absolute atomic E-state index is 0.461. The molecule has 0 aliphatic heterocycles. The van der Waals surface area contributed by atoms with Crippen LogP contribution in [-0.4, -0.2) is 9.97 Å². The molecular weight excluding hydrogens is 256 g/mol. The SMILES string of the molecule is Cc1cc(C)cc(CSc2cc(C)nc(NN)n2)c1. The molecule has 3 N–H and O–H groups in total. The molecule has 100 valence electrons. The Morgan fingerprint density at radius 3 is 2.37 bits per heavy atom. The molecule has 0 saturated heterocycles. The van der Waals surface area contributed by atoms with E-state index >= 15 is 0 Å². The zero-order valence-corrected chi connectivity index (χ0v) is 12.2. The Morgan fingerprint density at radius 2 is 1.74 bits per heavy atom. The van der Waals surface area contributed by atoms with E-state index in [-0.39, 0.29) is 0 Å². The fraction of sp³-hybridized carbons (Fsp3) is 0.286. The number of aryl methyl sites for hydroxylation is 3. The Bertz CT molecular complexity index is 563. The summed E-state index contributed by atoms with van der Waals surface area (Å²) in [5.74, 6) is 6.70. The lowest BCUT2D eigenvalue weighted by molar-refractivity contribution is 0.993. The Hall–Kier alpha value is -1.59. The van der Waals surface area contributed by atoms with E-state index in [1.807, 2.05) is 13.0 Å². The van der Waals surface area contributed by atoms with Crippen molar-refractivity contribution in [3.63, 3.8) is 0 Å². The van der Waals surface area contributed by atoms with Gasteiger partial charge in [0.05, 0.1) is 0 Å². The largest absolute Gasteiger partial charge is 0.292 e. The number of hydrazine groups is 1. The van der Waals surface area contributed by atoms with Crippen LogP contribution in [0.3, 0.4) is 0 Å². The summed E-state index contributed by atoms with van der Waals surface area (Å²) in [5, 5.41) is 0.930. The Kier molecular flexibility index (Phi) is 4.39. The first kappa shape index (κ1) is 13.8. The molecule has 0 aliphatic carbocycles. The molecule has 5 heteroatoms. The van der Waals surface area contributed by atoms with Gasteiger partial charge in [-0.2, -0.15) is 0 Å². The first-order valence-corrected chi connectivity index (χ1v) is 7.07. The van der Waals surface area contributed by atoms with E-state index in [2.05, 4.69) is 47.4 Å². The monoisotopic (exact) mass is 274 g/mol. The van der Waals surface area contributed by atoms with Gasteiger partial charge in [0.1, 0.15) is 5.03 Å². The molecule has 0 amide bonds. The van der Waals surface area contributed by atoms with Crippen molar-refractivity contribution >= 4 is 17.7 Å². The van der Waals surface area contributed by atoms with Gasteiger partial charge in [0.2, 0.25) is 5.95 Å². The summed E-state index contributed by atoms with van der Waals surface area (Å²) in [4.78, 5) is 8.50. The van der Waals surface area contributed by atoms with Gasteiger partial charge >= 0.3 is 0 Å². The zero-order valence-electron chi connectivity index (χ0n) is 11.4. The van der Waals surface area contributed by atoms with Crippen LogP contribution in [0.15, 0.2) is 29.3 Å². The van der Waals surface area contributed by atoms with Crippen LogP contribution >= 0.6 is 11.8 Å². The van der Waals surface area contributed by atoms with Crippen LogP contribution in [-0.2, 0) is 5.75 Å². The number of nitrogens with two attached hydrogens (primary N) is 1. The number of thioether (sulfide) groups is 1. The highest BCUT2D eigenvalue weighted by atomic mass is 32.2. The second-order valence-corrected chi connectivity index (χ2v) is 5.60. The highest BCUT2D eigenvalue weighted by Gasteiger charge is 2.03. The average molecular weight is 274 g/mol. The molecule has 1 heterocycles. The lowest BCUT2D eigenvalue weighted by Gasteiger charge is -2.06. The number of hydrogen-bond acceptors (Lipinski definition) is 5. The molecule has 0 unspecified atom stereocenters. The molecule has 0 aliphatic rings. The molecular formula is C14H18N4S. The molecule has 2 aromatic rings. The molecule has 0 bridgehead atoms. The molecule has 0 atom stereocenters. The highest BCUT2D eigenvalue weighted by Crippen LogP contribution is 2.23. The number of nitrogens with zero attached hydrogens (tertiary/aromatic N) is 2. The van der Waals surface area contributed by atoms with E-state index in [0.29, 0.717) is 5.95 Å². The van der Waals surface area contributed by atoms with Crippen LogP contribution in [0.25, 0.3) is 0 Å². The number of aromatic nitrogens is 2. The Labute approximate surface area is 117 Å². The van der Waals surface area contributed by atoms with Crippen molar-refractivity contribution in [1.29, 1.82) is 0 Å². The van der Waals surface area contributed by atoms with Gasteiger partial charge in [0, 0.05) is 11.4 Å². The van der Waals surface area contributed by atoms with E-state index in [1.165, 1.54) is 16.7 Å². The molecule has 0 fully saturated rings. The van der Waals surface area contributed by atoms with Gasteiger partial charge in [-0.05, 0) is 32.4 Å². The third-order valence-electron chi connectivity index (χ3n) is 2.63. The lowest BCUT2D eigenvalue weighted by atomic mass is 10.1. The number of nitrogen functional groups attached to an aromatic ring is 1. The van der Waals surface area contributed by atoms with Crippen LogP contribution in [0.5, 0.6) is 0 Å². The second-order valence-electron chi connectivity index (χ2n) is 4.60. The molecule has 19 heavy (non-hydrogen) atoms. The van der Waals surface area contributed by atoms with Crippen molar-refractivity contribution in [2.24, 2.45) is 5.84 Å². The first-order chi connectivity index (χ1) is 9.06. The third kappa shape index (κ3) is 3.94. The van der Waals surface area contributed by atoms with Crippen LogP contribution < -0.4 is 11.3 Å². The van der Waals surface area contributed by atoms with Crippen LogP contribution in [0.2, 0.25) is 0 Å². The van der Waals surface area contributed by atoms with E-state index in [1.54, 1.807) is 11.8 Å². The van der Waals surface area contributed by atoms with Gasteiger partial charge in [-0.25, -0.2) is 15.8 Å². The summed E-state index contributed by atoms with van der Waals surface area (Å²) in [6.45, 7) is 6.17. The zero-order chi connectivity index (χ0) is 13.8. The van der Waals surface area contributed by atoms with Gasteiger partial charge in [-0.3, -0.25) is 5.43 Å². The van der Waals surface area contributed by atoms with E-state index in [4.69, 9.17) is 5.84 Å². The van der Waals surface area contributed by atoms with Crippen molar-refractivity contribution in [3.8, 4) is 0 Å². The van der Waals surface area contributed by atoms with Crippen molar-refractivity contribution in [3.05, 3.63) is 46.6 Å². The van der Waals surface area contributed by atoms with E-state index in [0.717, 1.165) is 16.5 Å². The summed E-state index contributed by atoms with van der Waals surface area (Å²) in [5.41, 5.74) is 7.28. The van der Waals surface area contributed by atoms with Gasteiger partial charge in [-0.1, -0.05) is 29.3 Å².